The van der Waals surface area contributed by atoms with Crippen LogP contribution >= 0.6 is 0 Å². The van der Waals surface area contributed by atoms with Crippen LogP contribution in [0.3, 0.4) is 0 Å². The normalized spacial score (nSPS) is 12.0. The Morgan fingerprint density at radius 3 is 2.33 bits per heavy atom. The van der Waals surface area contributed by atoms with E-state index in [4.69, 9.17) is 9.69 Å². The van der Waals surface area contributed by atoms with Crippen molar-refractivity contribution in [3.8, 4) is 6.07 Å². The van der Waals surface area contributed by atoms with E-state index in [1.807, 2.05) is 0 Å². The van der Waals surface area contributed by atoms with Crippen LogP contribution in [0.5, 0.6) is 0 Å². The Kier molecular flexibility index (Phi) is 5.28. The Balaban J connectivity index is 4.15. The molecule has 5 heteroatoms. The zero-order valence-corrected chi connectivity index (χ0v) is 12.1. The van der Waals surface area contributed by atoms with Gasteiger partial charge in [-0.3, -0.25) is 4.80 Å². The molecule has 0 amide bonds. The number of hydrogen-bond acceptors (Lipinski definition) is 2. The Morgan fingerprint density at radius 1 is 1.40 bits per heavy atom. The summed E-state index contributed by atoms with van der Waals surface area (Å²) in [6.45, 7) is 11.2. The standard InChI is InChI=1S/C10H20NO2Si2/c1-10(15(4,5)12)13-14(2,3)9-7-6-8-11/h1,6-7,9H2,2-5H3. The molecule has 0 fully saturated rings. The molecule has 0 aliphatic heterocycles. The van der Waals surface area contributed by atoms with E-state index in [-0.39, 0.29) is 0 Å². The molecule has 0 aromatic heterocycles. The molecular formula is C10H20NO2Si2. The predicted octanol–water partition coefficient (Wildman–Crippen LogP) is 3.20. The van der Waals surface area contributed by atoms with Crippen LogP contribution in [-0.4, -0.2) is 16.6 Å². The van der Waals surface area contributed by atoms with Gasteiger partial charge in [-0.15, -0.1) is 0 Å². The molecule has 3 nitrogen and oxygen atoms in total. The monoisotopic (exact) mass is 242 g/mol. The lowest BCUT2D eigenvalue weighted by molar-refractivity contribution is 0.376. The van der Waals surface area contributed by atoms with E-state index >= 15 is 0 Å². The van der Waals surface area contributed by atoms with Crippen LogP contribution in [0.15, 0.2) is 12.0 Å². The van der Waals surface area contributed by atoms with Crippen molar-refractivity contribution >= 4 is 16.6 Å². The highest BCUT2D eigenvalue weighted by atomic mass is 28.4. The minimum Gasteiger partial charge on any atom is -0.549 e. The summed E-state index contributed by atoms with van der Waals surface area (Å²) in [5, 5.41) is 8.89. The van der Waals surface area contributed by atoms with E-state index in [0.29, 0.717) is 11.8 Å². The Bertz CT molecular complexity index is 264. The summed E-state index contributed by atoms with van der Waals surface area (Å²) in [6.07, 6.45) is 1.41. The molecule has 0 saturated carbocycles. The fourth-order valence-corrected chi connectivity index (χ4v) is 4.71. The van der Waals surface area contributed by atoms with Gasteiger partial charge >= 0.3 is 0 Å². The maximum absolute atomic E-state index is 11.7. The molecule has 15 heavy (non-hydrogen) atoms. The summed E-state index contributed by atoms with van der Waals surface area (Å²) in [5.41, 5.74) is 0. The Morgan fingerprint density at radius 2 is 1.93 bits per heavy atom. The first kappa shape index (κ1) is 14.4. The van der Waals surface area contributed by atoms with E-state index in [2.05, 4.69) is 25.7 Å². The Hall–Kier alpha value is -0.576. The van der Waals surface area contributed by atoms with Crippen LogP contribution in [0.4, 0.5) is 0 Å². The third-order valence-electron chi connectivity index (χ3n) is 2.14. The molecular weight excluding hydrogens is 222 g/mol. The maximum Gasteiger partial charge on any atom is 0.296 e. The lowest BCUT2D eigenvalue weighted by Crippen LogP contribution is -2.37. The van der Waals surface area contributed by atoms with Crippen molar-refractivity contribution in [2.24, 2.45) is 0 Å². The predicted molar refractivity (Wildman–Crippen MR) is 65.5 cm³/mol. The van der Waals surface area contributed by atoms with E-state index < -0.39 is 16.6 Å². The van der Waals surface area contributed by atoms with E-state index in [0.717, 1.165) is 12.5 Å². The summed E-state index contributed by atoms with van der Waals surface area (Å²) >= 11 is 0. The molecule has 0 aromatic rings. The van der Waals surface area contributed by atoms with Gasteiger partial charge in [0.15, 0.2) is 0 Å². The fraction of sp³-hybridized carbons (Fsp3) is 0.700. The average Bonchev–Trinajstić information content (AvgIpc) is 2.01. The molecule has 0 rings (SSSR count). The second kappa shape index (κ2) is 5.49. The van der Waals surface area contributed by atoms with Crippen molar-refractivity contribution in [2.75, 3.05) is 0 Å². The molecule has 0 atom stereocenters. The second-order valence-corrected chi connectivity index (χ2v) is 12.6. The average molecular weight is 242 g/mol. The molecule has 0 bridgehead atoms. The molecule has 1 radical (unpaired) electrons. The zero-order valence-electron chi connectivity index (χ0n) is 10.1. The fourth-order valence-electron chi connectivity index (χ4n) is 1.10. The highest BCUT2D eigenvalue weighted by Gasteiger charge is 2.32. The number of hydrogen-bond donors (Lipinski definition) is 0. The van der Waals surface area contributed by atoms with Gasteiger partial charge in [0, 0.05) is 6.42 Å². The molecule has 0 aliphatic carbocycles. The van der Waals surface area contributed by atoms with Crippen LogP contribution in [-0.2, 0) is 9.22 Å². The summed E-state index contributed by atoms with van der Waals surface area (Å²) in [5.74, 6) is 0. The van der Waals surface area contributed by atoms with Gasteiger partial charge in [0.05, 0.1) is 11.5 Å². The van der Waals surface area contributed by atoms with Crippen molar-refractivity contribution in [2.45, 2.75) is 45.1 Å². The first-order valence-corrected chi connectivity index (χ1v) is 11.2. The maximum atomic E-state index is 11.7. The summed E-state index contributed by atoms with van der Waals surface area (Å²) in [4.78, 5) is 11.7. The van der Waals surface area contributed by atoms with Crippen molar-refractivity contribution in [3.05, 3.63) is 12.0 Å². The number of rotatable bonds is 6. The van der Waals surface area contributed by atoms with E-state index in [1.165, 1.54) is 0 Å². The highest BCUT2D eigenvalue weighted by Crippen LogP contribution is 2.22. The van der Waals surface area contributed by atoms with Gasteiger partial charge in [0.2, 0.25) is 8.32 Å². The van der Waals surface area contributed by atoms with Crippen LogP contribution in [0.25, 0.3) is 0 Å². The lowest BCUT2D eigenvalue weighted by atomic mass is 10.4. The zero-order chi connectivity index (χ0) is 12.1. The third kappa shape index (κ3) is 6.49. The summed E-state index contributed by atoms with van der Waals surface area (Å²) in [7, 11) is -4.44. The van der Waals surface area contributed by atoms with Gasteiger partial charge in [0.1, 0.15) is 0 Å². The van der Waals surface area contributed by atoms with Crippen molar-refractivity contribution < 1.29 is 9.22 Å². The molecule has 0 heterocycles. The molecule has 0 aliphatic rings. The molecule has 0 unspecified atom stereocenters. The van der Waals surface area contributed by atoms with Crippen LogP contribution in [0.2, 0.25) is 32.2 Å². The molecule has 0 spiro atoms. The molecule has 85 valence electrons. The van der Waals surface area contributed by atoms with Gasteiger partial charge in [-0.25, -0.2) is 0 Å². The first-order chi connectivity index (χ1) is 6.69. The van der Waals surface area contributed by atoms with Crippen LogP contribution in [0, 0.1) is 11.3 Å². The number of unbranched alkanes of at least 4 members (excludes halogenated alkanes) is 1. The second-order valence-electron chi connectivity index (χ2n) is 4.81. The lowest BCUT2D eigenvalue weighted by Gasteiger charge is -2.28. The molecule has 0 saturated heterocycles. The van der Waals surface area contributed by atoms with Crippen LogP contribution < -0.4 is 0 Å². The quantitative estimate of drug-likeness (QED) is 0.408. The van der Waals surface area contributed by atoms with Crippen LogP contribution in [0.1, 0.15) is 12.8 Å². The summed E-state index contributed by atoms with van der Waals surface area (Å²) < 4.78 is 5.73. The Labute approximate surface area is 94.6 Å². The highest BCUT2D eigenvalue weighted by molar-refractivity contribution is 6.79. The van der Waals surface area contributed by atoms with E-state index in [1.54, 1.807) is 13.1 Å². The molecule has 0 aromatic carbocycles. The topological polar surface area (TPSA) is 52.9 Å². The van der Waals surface area contributed by atoms with Gasteiger partial charge < -0.3 is 4.43 Å². The summed E-state index contributed by atoms with van der Waals surface area (Å²) in [6, 6.07) is 3.02. The minimum atomic E-state index is -2.61. The third-order valence-corrected chi connectivity index (χ3v) is 6.14. The smallest absolute Gasteiger partial charge is 0.296 e. The molecule has 0 N–H and O–H groups in total. The van der Waals surface area contributed by atoms with Crippen molar-refractivity contribution in [3.63, 3.8) is 0 Å². The largest absolute Gasteiger partial charge is 0.549 e. The van der Waals surface area contributed by atoms with Gasteiger partial charge in [-0.1, -0.05) is 6.58 Å². The number of nitriles is 1. The SMILES string of the molecule is C=C(O[Si](C)(C)CCCC#N)[Si](C)(C)[O]. The van der Waals surface area contributed by atoms with E-state index in [9.17, 15) is 4.80 Å². The minimum absolute atomic E-state index is 0.455. The van der Waals surface area contributed by atoms with Crippen molar-refractivity contribution in [1.82, 2.24) is 0 Å². The van der Waals surface area contributed by atoms with Gasteiger partial charge in [-0.05, 0) is 38.7 Å². The van der Waals surface area contributed by atoms with Crippen molar-refractivity contribution in [1.29, 1.82) is 5.26 Å². The van der Waals surface area contributed by atoms with Gasteiger partial charge in [-0.2, -0.15) is 5.26 Å². The van der Waals surface area contributed by atoms with Gasteiger partial charge in [0.25, 0.3) is 8.32 Å². The first-order valence-electron chi connectivity index (χ1n) is 5.15. The number of nitrogens with zero attached hydrogens (tertiary/aromatic N) is 1.